The van der Waals surface area contributed by atoms with Gasteiger partial charge in [-0.05, 0) is 24.3 Å². The van der Waals surface area contributed by atoms with E-state index in [1.165, 1.54) is 25.8 Å². The van der Waals surface area contributed by atoms with Gasteiger partial charge in [-0.1, -0.05) is 11.8 Å². The molecule has 1 aromatic carbocycles. The molecule has 0 spiro atoms. The van der Waals surface area contributed by atoms with Crippen LogP contribution < -0.4 is 0 Å². The van der Waals surface area contributed by atoms with E-state index in [2.05, 4.69) is 4.74 Å². The van der Waals surface area contributed by atoms with Crippen LogP contribution in [0.3, 0.4) is 0 Å². The summed E-state index contributed by atoms with van der Waals surface area (Å²) in [5.41, 5.74) is 0.499. The normalized spacial score (nSPS) is 9.62. The fraction of sp³-hybridized carbons (Fsp3) is 0.273. The molecule has 0 amide bonds. The number of esters is 2. The van der Waals surface area contributed by atoms with Crippen LogP contribution in [0, 0.1) is 0 Å². The van der Waals surface area contributed by atoms with Gasteiger partial charge in [0.05, 0.1) is 12.7 Å². The molecule has 0 radical (unpaired) electrons. The van der Waals surface area contributed by atoms with Crippen molar-refractivity contribution in [3.8, 4) is 0 Å². The molecular formula is C11H12O4S. The fourth-order valence-corrected chi connectivity index (χ4v) is 1.68. The van der Waals surface area contributed by atoms with E-state index in [0.717, 1.165) is 4.90 Å². The fourth-order valence-electron chi connectivity index (χ4n) is 0.986. The van der Waals surface area contributed by atoms with Gasteiger partial charge >= 0.3 is 11.9 Å². The molecule has 0 unspecified atom stereocenters. The maximum atomic E-state index is 11.1. The van der Waals surface area contributed by atoms with Crippen LogP contribution in [0.5, 0.6) is 0 Å². The third-order valence-electron chi connectivity index (χ3n) is 1.76. The molecule has 0 saturated heterocycles. The van der Waals surface area contributed by atoms with Crippen molar-refractivity contribution >= 4 is 23.7 Å². The summed E-state index contributed by atoms with van der Waals surface area (Å²) in [5.74, 6) is -0.400. The first kappa shape index (κ1) is 12.6. The largest absolute Gasteiger partial charge is 0.465 e. The smallest absolute Gasteiger partial charge is 0.337 e. The lowest BCUT2D eigenvalue weighted by Crippen LogP contribution is -2.00. The Balaban J connectivity index is 2.51. The van der Waals surface area contributed by atoms with E-state index in [9.17, 15) is 9.59 Å². The number of ether oxygens (including phenoxy) is 2. The number of thioether (sulfide) groups is 1. The number of carbonyl (C=O) groups is 2. The van der Waals surface area contributed by atoms with Gasteiger partial charge in [0.2, 0.25) is 0 Å². The minimum atomic E-state index is -0.364. The lowest BCUT2D eigenvalue weighted by Gasteiger charge is -2.03. The molecule has 0 N–H and O–H groups in total. The zero-order valence-corrected chi connectivity index (χ0v) is 9.87. The Morgan fingerprint density at radius 2 is 1.88 bits per heavy atom. The number of benzene rings is 1. The predicted molar refractivity (Wildman–Crippen MR) is 60.3 cm³/mol. The SMILES string of the molecule is COC(=O)c1ccc(SCOC(C)=O)cc1. The van der Waals surface area contributed by atoms with Crippen LogP contribution in [0.25, 0.3) is 0 Å². The molecule has 0 atom stereocenters. The monoisotopic (exact) mass is 240 g/mol. The van der Waals surface area contributed by atoms with Crippen molar-refractivity contribution in [2.45, 2.75) is 11.8 Å². The van der Waals surface area contributed by atoms with E-state index in [4.69, 9.17) is 4.74 Å². The molecule has 86 valence electrons. The molecule has 0 fully saturated rings. The Morgan fingerprint density at radius 1 is 1.25 bits per heavy atom. The molecule has 1 aromatic rings. The van der Waals surface area contributed by atoms with E-state index < -0.39 is 0 Å². The zero-order valence-electron chi connectivity index (χ0n) is 9.06. The van der Waals surface area contributed by atoms with Gasteiger partial charge in [0.1, 0.15) is 5.94 Å². The van der Waals surface area contributed by atoms with Crippen molar-refractivity contribution in [1.29, 1.82) is 0 Å². The van der Waals surface area contributed by atoms with E-state index >= 15 is 0 Å². The summed E-state index contributed by atoms with van der Waals surface area (Å²) in [6, 6.07) is 6.89. The van der Waals surface area contributed by atoms with E-state index in [1.807, 2.05) is 0 Å². The Morgan fingerprint density at radius 3 is 2.38 bits per heavy atom. The van der Waals surface area contributed by atoms with Crippen LogP contribution in [0.4, 0.5) is 0 Å². The van der Waals surface area contributed by atoms with Crippen LogP contribution >= 0.6 is 11.8 Å². The molecular weight excluding hydrogens is 228 g/mol. The molecule has 0 aromatic heterocycles. The third kappa shape index (κ3) is 3.94. The molecule has 0 aliphatic carbocycles. The second kappa shape index (κ2) is 6.17. The van der Waals surface area contributed by atoms with E-state index in [1.54, 1.807) is 24.3 Å². The lowest BCUT2D eigenvalue weighted by molar-refractivity contribution is -0.138. The van der Waals surface area contributed by atoms with Crippen molar-refractivity contribution in [1.82, 2.24) is 0 Å². The molecule has 5 heteroatoms. The highest BCUT2D eigenvalue weighted by Crippen LogP contribution is 2.18. The molecule has 4 nitrogen and oxygen atoms in total. The first-order valence-corrected chi connectivity index (χ1v) is 5.56. The predicted octanol–water partition coefficient (Wildman–Crippen LogP) is 2.09. The second-order valence-electron chi connectivity index (χ2n) is 2.91. The topological polar surface area (TPSA) is 52.6 Å². The Hall–Kier alpha value is -1.49. The average Bonchev–Trinajstić information content (AvgIpc) is 2.28. The van der Waals surface area contributed by atoms with Gasteiger partial charge in [-0.3, -0.25) is 4.79 Å². The van der Waals surface area contributed by atoms with Gasteiger partial charge in [-0.2, -0.15) is 0 Å². The molecule has 0 saturated carbocycles. The highest BCUT2D eigenvalue weighted by Gasteiger charge is 2.04. The second-order valence-corrected chi connectivity index (χ2v) is 3.91. The van der Waals surface area contributed by atoms with Crippen molar-refractivity contribution in [2.24, 2.45) is 0 Å². The minimum Gasteiger partial charge on any atom is -0.465 e. The Labute approximate surface area is 97.9 Å². The molecule has 0 aliphatic rings. The molecule has 16 heavy (non-hydrogen) atoms. The molecule has 0 heterocycles. The number of hydrogen-bond acceptors (Lipinski definition) is 5. The van der Waals surface area contributed by atoms with Gasteiger partial charge in [0.25, 0.3) is 0 Å². The summed E-state index contributed by atoms with van der Waals surface area (Å²) in [7, 11) is 1.34. The van der Waals surface area contributed by atoms with Crippen molar-refractivity contribution in [2.75, 3.05) is 13.0 Å². The highest BCUT2D eigenvalue weighted by molar-refractivity contribution is 7.99. The van der Waals surface area contributed by atoms with Gasteiger partial charge in [-0.15, -0.1) is 0 Å². The van der Waals surface area contributed by atoms with Crippen LogP contribution in [-0.2, 0) is 14.3 Å². The number of rotatable bonds is 4. The molecule has 0 bridgehead atoms. The molecule has 0 aliphatic heterocycles. The number of hydrogen-bond donors (Lipinski definition) is 0. The highest BCUT2D eigenvalue weighted by atomic mass is 32.2. The minimum absolute atomic E-state index is 0.271. The maximum absolute atomic E-state index is 11.1. The summed E-state index contributed by atoms with van der Waals surface area (Å²) in [6.45, 7) is 1.36. The first-order chi connectivity index (χ1) is 7.63. The molecule has 1 rings (SSSR count). The van der Waals surface area contributed by atoms with E-state index in [-0.39, 0.29) is 17.9 Å². The van der Waals surface area contributed by atoms with Gasteiger partial charge in [0, 0.05) is 11.8 Å². The summed E-state index contributed by atoms with van der Waals surface area (Å²) < 4.78 is 9.35. The third-order valence-corrected chi connectivity index (χ3v) is 2.60. The maximum Gasteiger partial charge on any atom is 0.337 e. The van der Waals surface area contributed by atoms with Crippen molar-refractivity contribution < 1.29 is 19.1 Å². The summed E-state index contributed by atoms with van der Waals surface area (Å²) >= 11 is 1.38. The summed E-state index contributed by atoms with van der Waals surface area (Å²) in [5, 5.41) is 0. The van der Waals surface area contributed by atoms with E-state index in [0.29, 0.717) is 5.56 Å². The van der Waals surface area contributed by atoms with Gasteiger partial charge < -0.3 is 9.47 Å². The van der Waals surface area contributed by atoms with Crippen LogP contribution in [0.15, 0.2) is 29.2 Å². The quantitative estimate of drug-likeness (QED) is 0.458. The number of methoxy groups -OCH3 is 1. The Bertz CT molecular complexity index is 372. The first-order valence-electron chi connectivity index (χ1n) is 4.58. The number of carbonyl (C=O) groups excluding carboxylic acids is 2. The standard InChI is InChI=1S/C11H12O4S/c1-8(12)15-7-16-10-5-3-9(4-6-10)11(13)14-2/h3-6H,7H2,1-2H3. The zero-order chi connectivity index (χ0) is 12.0. The Kier molecular flexibility index (Phi) is 4.85. The summed E-state index contributed by atoms with van der Waals surface area (Å²) in [4.78, 5) is 22.6. The van der Waals surface area contributed by atoms with Crippen molar-refractivity contribution in [3.05, 3.63) is 29.8 Å². The van der Waals surface area contributed by atoms with Crippen LogP contribution in [0.2, 0.25) is 0 Å². The van der Waals surface area contributed by atoms with Gasteiger partial charge in [-0.25, -0.2) is 4.79 Å². The lowest BCUT2D eigenvalue weighted by atomic mass is 10.2. The van der Waals surface area contributed by atoms with Crippen molar-refractivity contribution in [3.63, 3.8) is 0 Å². The van der Waals surface area contributed by atoms with Crippen LogP contribution in [-0.4, -0.2) is 25.0 Å². The average molecular weight is 240 g/mol. The van der Waals surface area contributed by atoms with Crippen LogP contribution in [0.1, 0.15) is 17.3 Å². The summed E-state index contributed by atoms with van der Waals surface area (Å²) in [6.07, 6.45) is 0. The van der Waals surface area contributed by atoms with Gasteiger partial charge in [0.15, 0.2) is 0 Å².